The van der Waals surface area contributed by atoms with Gasteiger partial charge < -0.3 is 4.74 Å². The number of carbonyl (C=O) groups is 2. The van der Waals surface area contributed by atoms with Gasteiger partial charge in [0.25, 0.3) is 5.91 Å². The van der Waals surface area contributed by atoms with Crippen LogP contribution in [0.2, 0.25) is 15.1 Å². The molecule has 1 fully saturated rings. The van der Waals surface area contributed by atoms with Gasteiger partial charge in [-0.1, -0.05) is 52.6 Å². The molecule has 0 radical (unpaired) electrons. The third-order valence-corrected chi connectivity index (χ3v) is 4.76. The predicted molar refractivity (Wildman–Crippen MR) is 96.9 cm³/mol. The maximum atomic E-state index is 11.8. The van der Waals surface area contributed by atoms with Crippen molar-refractivity contribution in [3.05, 3.63) is 39.9 Å². The second-order valence-electron chi connectivity index (χ2n) is 4.50. The van der Waals surface area contributed by atoms with Crippen molar-refractivity contribution in [2.45, 2.75) is 0 Å². The lowest BCUT2D eigenvalue weighted by Crippen LogP contribution is -2.32. The van der Waals surface area contributed by atoms with Crippen molar-refractivity contribution in [2.75, 3.05) is 18.9 Å². The van der Waals surface area contributed by atoms with Crippen LogP contribution in [0.4, 0.5) is 0 Å². The molecule has 24 heavy (non-hydrogen) atoms. The van der Waals surface area contributed by atoms with Crippen LogP contribution < -0.4 is 10.2 Å². The molecule has 1 saturated heterocycles. The number of hydrogen-bond donors (Lipinski definition) is 1. The minimum Gasteiger partial charge on any atom is -0.482 e. The van der Waals surface area contributed by atoms with Gasteiger partial charge in [-0.3, -0.25) is 14.5 Å². The summed E-state index contributed by atoms with van der Waals surface area (Å²) in [5.41, 5.74) is 2.32. The Morgan fingerprint density at radius 3 is 2.79 bits per heavy atom. The van der Waals surface area contributed by atoms with E-state index in [1.165, 1.54) is 28.8 Å². The van der Waals surface area contributed by atoms with Crippen molar-refractivity contribution >= 4 is 63.5 Å². The van der Waals surface area contributed by atoms with Crippen molar-refractivity contribution in [3.63, 3.8) is 0 Å². The van der Waals surface area contributed by atoms with E-state index in [2.05, 4.69) is 17.1 Å². The molecule has 0 unspecified atom stereocenters. The Kier molecular flexibility index (Phi) is 6.79. The fourth-order valence-electron chi connectivity index (χ4n) is 1.69. The van der Waals surface area contributed by atoms with E-state index in [0.29, 0.717) is 11.7 Å². The first-order chi connectivity index (χ1) is 11.4. The second kappa shape index (κ2) is 8.62. The van der Waals surface area contributed by atoms with Crippen LogP contribution in [-0.4, -0.2) is 40.8 Å². The number of ether oxygens (including phenoxy) is 1. The molecule has 10 heteroatoms. The van der Waals surface area contributed by atoms with E-state index >= 15 is 0 Å². The van der Waals surface area contributed by atoms with Crippen molar-refractivity contribution < 1.29 is 14.3 Å². The summed E-state index contributed by atoms with van der Waals surface area (Å²) < 4.78 is 5.29. The van der Waals surface area contributed by atoms with Gasteiger partial charge in [-0.15, -0.1) is 11.7 Å². The van der Waals surface area contributed by atoms with Crippen molar-refractivity contribution in [3.8, 4) is 5.75 Å². The minimum atomic E-state index is -0.511. The van der Waals surface area contributed by atoms with Crippen LogP contribution in [0.5, 0.6) is 5.75 Å². The monoisotopic (exact) mass is 407 g/mol. The molecule has 6 nitrogen and oxygen atoms in total. The number of amides is 2. The number of benzene rings is 1. The standard InChI is InChI=1S/C14H12Cl3N3O3S/c1-2-3-20-13(22)7-24-14(20)19-18-12(21)6-23-11-5-9(16)8(15)4-10(11)17/h2,4-5H,1,3,6-7H2,(H,18,21). The minimum absolute atomic E-state index is 0.0910. The Morgan fingerprint density at radius 2 is 2.08 bits per heavy atom. The van der Waals surface area contributed by atoms with E-state index in [9.17, 15) is 9.59 Å². The quantitative estimate of drug-likeness (QED) is 0.446. The van der Waals surface area contributed by atoms with Gasteiger partial charge in [0.15, 0.2) is 11.8 Å². The molecular formula is C14H12Cl3N3O3S. The molecule has 1 aromatic rings. The first-order valence-corrected chi connectivity index (χ1v) is 8.72. The summed E-state index contributed by atoms with van der Waals surface area (Å²) in [6, 6.07) is 2.84. The highest BCUT2D eigenvalue weighted by molar-refractivity contribution is 8.15. The maximum Gasteiger partial charge on any atom is 0.278 e. The Balaban J connectivity index is 1.92. The van der Waals surface area contributed by atoms with Gasteiger partial charge >= 0.3 is 0 Å². The number of rotatable bonds is 6. The molecule has 0 aromatic heterocycles. The number of nitrogens with one attached hydrogen (secondary N) is 1. The summed E-state index contributed by atoms with van der Waals surface area (Å²) in [6.45, 7) is 3.58. The Labute approximate surface area is 157 Å². The van der Waals surface area contributed by atoms with E-state index in [0.717, 1.165) is 0 Å². The normalized spacial score (nSPS) is 15.7. The number of nitrogens with zero attached hydrogens (tertiary/aromatic N) is 2. The van der Waals surface area contributed by atoms with E-state index in [1.807, 2.05) is 0 Å². The summed E-state index contributed by atoms with van der Waals surface area (Å²) >= 11 is 18.9. The summed E-state index contributed by atoms with van der Waals surface area (Å²) in [5.74, 6) is -0.0970. The highest BCUT2D eigenvalue weighted by Gasteiger charge is 2.27. The van der Waals surface area contributed by atoms with Crippen LogP contribution in [0, 0.1) is 0 Å². The van der Waals surface area contributed by atoms with Crippen LogP contribution in [0.3, 0.4) is 0 Å². The fourth-order valence-corrected chi connectivity index (χ4v) is 3.13. The van der Waals surface area contributed by atoms with Gasteiger partial charge in [0.2, 0.25) is 5.91 Å². The fraction of sp³-hybridized carbons (Fsp3) is 0.214. The van der Waals surface area contributed by atoms with Crippen LogP contribution in [-0.2, 0) is 9.59 Å². The SMILES string of the molecule is C=CCN1C(=O)CSC1=NNC(=O)COc1cc(Cl)c(Cl)cc1Cl. The zero-order valence-electron chi connectivity index (χ0n) is 12.2. The summed E-state index contributed by atoms with van der Waals surface area (Å²) in [7, 11) is 0. The molecule has 0 atom stereocenters. The average Bonchev–Trinajstić information content (AvgIpc) is 2.88. The molecule has 0 bridgehead atoms. The Bertz CT molecular complexity index is 712. The first-order valence-electron chi connectivity index (χ1n) is 6.60. The molecule has 1 aromatic carbocycles. The van der Waals surface area contributed by atoms with Crippen LogP contribution in [0.25, 0.3) is 0 Å². The number of hydrogen-bond acceptors (Lipinski definition) is 5. The summed E-state index contributed by atoms with van der Waals surface area (Å²) in [6.07, 6.45) is 1.58. The zero-order chi connectivity index (χ0) is 17.7. The molecule has 2 amide bonds. The highest BCUT2D eigenvalue weighted by Crippen LogP contribution is 2.33. The van der Waals surface area contributed by atoms with E-state index in [4.69, 9.17) is 39.5 Å². The predicted octanol–water partition coefficient (Wildman–Crippen LogP) is 3.17. The number of halogens is 3. The maximum absolute atomic E-state index is 11.8. The molecule has 128 valence electrons. The molecular weight excluding hydrogens is 397 g/mol. The third kappa shape index (κ3) is 4.80. The third-order valence-electron chi connectivity index (χ3n) is 2.78. The van der Waals surface area contributed by atoms with Crippen LogP contribution >= 0.6 is 46.6 Å². The smallest absolute Gasteiger partial charge is 0.278 e. The molecule has 1 aliphatic heterocycles. The Morgan fingerprint density at radius 1 is 1.38 bits per heavy atom. The summed E-state index contributed by atoms with van der Waals surface area (Å²) in [5, 5.41) is 5.10. The number of thioether (sulfide) groups is 1. The number of hydrazone groups is 1. The van der Waals surface area contributed by atoms with Gasteiger partial charge in [0.1, 0.15) is 5.75 Å². The molecule has 0 spiro atoms. The molecule has 2 rings (SSSR count). The second-order valence-corrected chi connectivity index (χ2v) is 6.66. The van der Waals surface area contributed by atoms with Gasteiger partial charge in [-0.2, -0.15) is 0 Å². The van der Waals surface area contributed by atoms with Gasteiger partial charge in [0.05, 0.1) is 20.8 Å². The van der Waals surface area contributed by atoms with Gasteiger partial charge in [-0.05, 0) is 6.07 Å². The molecule has 0 saturated carbocycles. The van der Waals surface area contributed by atoms with Crippen molar-refractivity contribution in [1.29, 1.82) is 0 Å². The summed E-state index contributed by atoms with van der Waals surface area (Å²) in [4.78, 5) is 24.9. The number of carbonyl (C=O) groups excluding carboxylic acids is 2. The topological polar surface area (TPSA) is 71.0 Å². The Hall–Kier alpha value is -1.41. The van der Waals surface area contributed by atoms with Crippen molar-refractivity contribution in [2.24, 2.45) is 5.10 Å². The van der Waals surface area contributed by atoms with Crippen LogP contribution in [0.15, 0.2) is 29.9 Å². The lowest BCUT2D eigenvalue weighted by Gasteiger charge is -2.13. The van der Waals surface area contributed by atoms with E-state index in [1.54, 1.807) is 6.08 Å². The molecule has 1 N–H and O–H groups in total. The number of amidine groups is 1. The van der Waals surface area contributed by atoms with Crippen molar-refractivity contribution in [1.82, 2.24) is 10.3 Å². The van der Waals surface area contributed by atoms with Crippen LogP contribution in [0.1, 0.15) is 0 Å². The zero-order valence-corrected chi connectivity index (χ0v) is 15.3. The van der Waals surface area contributed by atoms with E-state index < -0.39 is 5.91 Å². The highest BCUT2D eigenvalue weighted by atomic mass is 35.5. The lowest BCUT2D eigenvalue weighted by molar-refractivity contribution is -0.124. The molecule has 1 heterocycles. The lowest BCUT2D eigenvalue weighted by atomic mass is 10.3. The van der Waals surface area contributed by atoms with Gasteiger partial charge in [-0.25, -0.2) is 5.43 Å². The molecule has 1 aliphatic rings. The first kappa shape index (κ1) is 18.9. The average molecular weight is 409 g/mol. The molecule has 0 aliphatic carbocycles. The van der Waals surface area contributed by atoms with E-state index in [-0.39, 0.29) is 39.1 Å². The largest absolute Gasteiger partial charge is 0.482 e. The van der Waals surface area contributed by atoms with Gasteiger partial charge in [0, 0.05) is 12.6 Å².